The van der Waals surface area contributed by atoms with Crippen LogP contribution in [0.2, 0.25) is 0 Å². The van der Waals surface area contributed by atoms with Gasteiger partial charge in [0.05, 0.1) is 27.4 Å². The monoisotopic (exact) mass is 489 g/mol. The first-order chi connectivity index (χ1) is 12.6. The van der Waals surface area contributed by atoms with Gasteiger partial charge in [-0.2, -0.15) is 0 Å². The lowest BCUT2D eigenvalue weighted by molar-refractivity contribution is 0.275. The van der Waals surface area contributed by atoms with Gasteiger partial charge in [-0.1, -0.05) is 6.07 Å². The third-order valence-corrected chi connectivity index (χ3v) is 3.69. The predicted molar refractivity (Wildman–Crippen MR) is 116 cm³/mol. The number of rotatable bonds is 7. The summed E-state index contributed by atoms with van der Waals surface area (Å²) >= 11 is 0. The highest BCUT2D eigenvalue weighted by Crippen LogP contribution is 2.29. The van der Waals surface area contributed by atoms with Gasteiger partial charge in [-0.05, 0) is 36.8 Å². The van der Waals surface area contributed by atoms with Crippen LogP contribution in [0.4, 0.5) is 10.1 Å². The number of ether oxygens (including phenoxy) is 2. The number of anilines is 1. The lowest BCUT2D eigenvalue weighted by Gasteiger charge is -2.14. The van der Waals surface area contributed by atoms with E-state index < -0.39 is 5.82 Å². The number of aliphatic imine (C=N–C) groups is 1. The standard InChI is InChI=1S/C19H24FN3O3.HI/c1-4-21-19(22-11-13-5-7-16(20)14(9-13)12-24)23-15-6-8-17(25-2)18(10-15)26-3;/h5-10,24H,4,11-12H2,1-3H3,(H2,21,22,23);1H. The van der Waals surface area contributed by atoms with Crippen molar-refractivity contribution in [2.75, 3.05) is 26.1 Å². The van der Waals surface area contributed by atoms with Crippen molar-refractivity contribution >= 4 is 35.6 Å². The molecule has 0 unspecified atom stereocenters. The first-order valence-corrected chi connectivity index (χ1v) is 8.26. The van der Waals surface area contributed by atoms with Gasteiger partial charge < -0.3 is 25.2 Å². The van der Waals surface area contributed by atoms with Crippen LogP contribution in [0.1, 0.15) is 18.1 Å². The van der Waals surface area contributed by atoms with E-state index in [1.165, 1.54) is 6.07 Å². The van der Waals surface area contributed by atoms with E-state index in [0.29, 0.717) is 30.5 Å². The van der Waals surface area contributed by atoms with E-state index in [2.05, 4.69) is 15.6 Å². The van der Waals surface area contributed by atoms with Crippen LogP contribution in [0.15, 0.2) is 41.4 Å². The number of nitrogens with zero attached hydrogens (tertiary/aromatic N) is 1. The molecule has 3 N–H and O–H groups in total. The van der Waals surface area contributed by atoms with E-state index in [9.17, 15) is 4.39 Å². The molecule has 0 saturated heterocycles. The second-order valence-corrected chi connectivity index (χ2v) is 5.47. The van der Waals surface area contributed by atoms with E-state index in [1.54, 1.807) is 32.4 Å². The lowest BCUT2D eigenvalue weighted by atomic mass is 10.1. The molecular formula is C19H25FIN3O3. The Morgan fingerprint density at radius 1 is 1.11 bits per heavy atom. The molecule has 8 heteroatoms. The van der Waals surface area contributed by atoms with Gasteiger partial charge in [-0.25, -0.2) is 9.38 Å². The molecule has 0 aliphatic rings. The molecule has 148 valence electrons. The Hall–Kier alpha value is -2.07. The molecule has 0 saturated carbocycles. The molecular weight excluding hydrogens is 464 g/mol. The normalized spacial score (nSPS) is 10.8. The highest BCUT2D eigenvalue weighted by atomic mass is 127. The Morgan fingerprint density at radius 3 is 2.48 bits per heavy atom. The van der Waals surface area contributed by atoms with Crippen molar-refractivity contribution in [2.45, 2.75) is 20.1 Å². The maximum absolute atomic E-state index is 13.5. The molecule has 2 aromatic rings. The van der Waals surface area contributed by atoms with Crippen molar-refractivity contribution in [3.8, 4) is 11.5 Å². The largest absolute Gasteiger partial charge is 0.493 e. The van der Waals surface area contributed by atoms with Crippen LogP contribution in [0.3, 0.4) is 0 Å². The zero-order valence-electron chi connectivity index (χ0n) is 15.6. The van der Waals surface area contributed by atoms with Crippen LogP contribution in [-0.2, 0) is 13.2 Å². The maximum Gasteiger partial charge on any atom is 0.196 e. The Morgan fingerprint density at radius 2 is 1.85 bits per heavy atom. The molecule has 0 aliphatic carbocycles. The van der Waals surface area contributed by atoms with Crippen LogP contribution in [0.5, 0.6) is 11.5 Å². The van der Waals surface area contributed by atoms with Crippen LogP contribution < -0.4 is 20.1 Å². The van der Waals surface area contributed by atoms with E-state index in [0.717, 1.165) is 11.3 Å². The fourth-order valence-electron chi connectivity index (χ4n) is 2.38. The van der Waals surface area contributed by atoms with Crippen molar-refractivity contribution in [2.24, 2.45) is 4.99 Å². The fraction of sp³-hybridized carbons (Fsp3) is 0.316. The van der Waals surface area contributed by atoms with Crippen molar-refractivity contribution in [1.29, 1.82) is 0 Å². The number of methoxy groups -OCH3 is 2. The number of hydrogen-bond acceptors (Lipinski definition) is 4. The number of hydrogen-bond donors (Lipinski definition) is 3. The Kier molecular flexibility index (Phi) is 9.87. The third kappa shape index (κ3) is 6.55. The molecule has 0 fully saturated rings. The number of aliphatic hydroxyl groups is 1. The minimum Gasteiger partial charge on any atom is -0.493 e. The van der Waals surface area contributed by atoms with Gasteiger partial charge in [0, 0.05) is 23.9 Å². The number of aliphatic hydroxyl groups excluding tert-OH is 1. The van der Waals surface area contributed by atoms with Crippen LogP contribution in [0, 0.1) is 5.82 Å². The van der Waals surface area contributed by atoms with Crippen LogP contribution in [-0.4, -0.2) is 31.8 Å². The zero-order chi connectivity index (χ0) is 18.9. The number of guanidine groups is 1. The van der Waals surface area contributed by atoms with Gasteiger partial charge in [0.1, 0.15) is 5.82 Å². The van der Waals surface area contributed by atoms with E-state index in [1.807, 2.05) is 19.1 Å². The predicted octanol–water partition coefficient (Wildman–Crippen LogP) is 3.53. The summed E-state index contributed by atoms with van der Waals surface area (Å²) in [6.07, 6.45) is 0. The van der Waals surface area contributed by atoms with Gasteiger partial charge in [0.2, 0.25) is 0 Å². The first-order valence-electron chi connectivity index (χ1n) is 8.26. The highest BCUT2D eigenvalue weighted by Gasteiger charge is 2.07. The molecule has 0 radical (unpaired) electrons. The second kappa shape index (κ2) is 11.6. The molecule has 0 spiro atoms. The lowest BCUT2D eigenvalue weighted by Crippen LogP contribution is -2.30. The summed E-state index contributed by atoms with van der Waals surface area (Å²) in [5.41, 5.74) is 1.85. The minimum absolute atomic E-state index is 0. The number of benzene rings is 2. The second-order valence-electron chi connectivity index (χ2n) is 5.47. The molecule has 2 rings (SSSR count). The Labute approximate surface area is 175 Å². The quantitative estimate of drug-likeness (QED) is 0.315. The summed E-state index contributed by atoms with van der Waals surface area (Å²) < 4.78 is 24.0. The molecule has 0 aliphatic heterocycles. The molecule has 0 heterocycles. The topological polar surface area (TPSA) is 75.1 Å². The molecule has 0 atom stereocenters. The van der Waals surface area contributed by atoms with Crippen molar-refractivity contribution in [1.82, 2.24) is 5.32 Å². The smallest absolute Gasteiger partial charge is 0.196 e. The molecule has 0 aromatic heterocycles. The average molecular weight is 489 g/mol. The van der Waals surface area contributed by atoms with E-state index in [4.69, 9.17) is 14.6 Å². The highest BCUT2D eigenvalue weighted by molar-refractivity contribution is 14.0. The Bertz CT molecular complexity index is 772. The SMILES string of the molecule is CCNC(=NCc1ccc(F)c(CO)c1)Nc1ccc(OC)c(OC)c1.I. The average Bonchev–Trinajstić information content (AvgIpc) is 2.67. The summed E-state index contributed by atoms with van der Waals surface area (Å²) in [4.78, 5) is 4.50. The van der Waals surface area contributed by atoms with Crippen molar-refractivity contribution < 1.29 is 19.0 Å². The fourth-order valence-corrected chi connectivity index (χ4v) is 2.38. The Balaban J connectivity index is 0.00000364. The molecule has 0 amide bonds. The summed E-state index contributed by atoms with van der Waals surface area (Å²) in [5, 5.41) is 15.5. The third-order valence-electron chi connectivity index (χ3n) is 3.69. The molecule has 6 nitrogen and oxygen atoms in total. The van der Waals surface area contributed by atoms with Crippen molar-refractivity contribution in [3.05, 3.63) is 53.3 Å². The molecule has 2 aromatic carbocycles. The van der Waals surface area contributed by atoms with E-state index in [-0.39, 0.29) is 36.1 Å². The summed E-state index contributed by atoms with van der Waals surface area (Å²) in [6, 6.07) is 10.1. The first kappa shape index (κ1) is 23.0. The minimum atomic E-state index is -0.421. The van der Waals surface area contributed by atoms with Gasteiger partial charge in [-0.15, -0.1) is 24.0 Å². The van der Waals surface area contributed by atoms with Gasteiger partial charge in [-0.3, -0.25) is 0 Å². The van der Waals surface area contributed by atoms with Gasteiger partial charge in [0.15, 0.2) is 17.5 Å². The number of halogens is 2. The van der Waals surface area contributed by atoms with Crippen molar-refractivity contribution in [3.63, 3.8) is 0 Å². The van der Waals surface area contributed by atoms with E-state index >= 15 is 0 Å². The molecule has 27 heavy (non-hydrogen) atoms. The zero-order valence-corrected chi connectivity index (χ0v) is 17.9. The van der Waals surface area contributed by atoms with Crippen LogP contribution >= 0.6 is 24.0 Å². The van der Waals surface area contributed by atoms with Gasteiger partial charge in [0.25, 0.3) is 0 Å². The van der Waals surface area contributed by atoms with Gasteiger partial charge >= 0.3 is 0 Å². The summed E-state index contributed by atoms with van der Waals surface area (Å²) in [6.45, 7) is 2.65. The molecule has 0 bridgehead atoms. The number of nitrogens with one attached hydrogen (secondary N) is 2. The summed E-state index contributed by atoms with van der Waals surface area (Å²) in [7, 11) is 3.16. The summed E-state index contributed by atoms with van der Waals surface area (Å²) in [5.74, 6) is 1.41. The maximum atomic E-state index is 13.5. The van der Waals surface area contributed by atoms with Crippen LogP contribution in [0.25, 0.3) is 0 Å².